The lowest BCUT2D eigenvalue weighted by Gasteiger charge is -2.34. The fourth-order valence-corrected chi connectivity index (χ4v) is 5.14. The number of nitrogens with two attached hydrogens (primary N) is 1. The Morgan fingerprint density at radius 2 is 1.86 bits per heavy atom. The first-order chi connectivity index (χ1) is 16.6. The van der Waals surface area contributed by atoms with Crippen molar-refractivity contribution < 1.29 is 27.6 Å². The highest BCUT2D eigenvalue weighted by molar-refractivity contribution is 6.01. The molecule has 1 aromatic heterocycles. The zero-order chi connectivity index (χ0) is 25.5. The zero-order valence-electron chi connectivity index (χ0n) is 18.4. The predicted molar refractivity (Wildman–Crippen MR) is 118 cm³/mol. The number of hydrogen-bond donors (Lipinski definition) is 1. The van der Waals surface area contributed by atoms with Crippen LogP contribution in [0.1, 0.15) is 29.5 Å². The van der Waals surface area contributed by atoms with Gasteiger partial charge in [0, 0.05) is 30.1 Å². The van der Waals surface area contributed by atoms with Crippen LogP contribution in [0.2, 0.25) is 0 Å². The molecular weight excluding hydrogens is 461 g/mol. The summed E-state index contributed by atoms with van der Waals surface area (Å²) in [5.41, 5.74) is 3.03. The summed E-state index contributed by atoms with van der Waals surface area (Å²) in [6.45, 7) is 1.16. The van der Waals surface area contributed by atoms with Crippen LogP contribution in [0.25, 0.3) is 5.57 Å². The Hall–Kier alpha value is -4.26. The van der Waals surface area contributed by atoms with Gasteiger partial charge in [-0.25, -0.2) is 0 Å². The minimum atomic E-state index is -4.82. The molecule has 0 bridgehead atoms. The molecule has 178 valence electrons. The van der Waals surface area contributed by atoms with Gasteiger partial charge in [0.25, 0.3) is 0 Å². The second kappa shape index (κ2) is 8.51. The number of rotatable bonds is 5. The van der Waals surface area contributed by atoms with Crippen LogP contribution >= 0.6 is 0 Å². The fraction of sp³-hybridized carbons (Fsp3) is 0.240. The summed E-state index contributed by atoms with van der Waals surface area (Å²) in [5.74, 6) is -3.31. The second-order valence-electron chi connectivity index (χ2n) is 8.37. The normalized spacial score (nSPS) is 25.7. The van der Waals surface area contributed by atoms with E-state index in [4.69, 9.17) is 5.73 Å². The number of hydrogen-bond acceptors (Lipinski definition) is 6. The molecule has 10 heteroatoms. The molecule has 35 heavy (non-hydrogen) atoms. The fourth-order valence-electron chi connectivity index (χ4n) is 5.14. The van der Waals surface area contributed by atoms with Crippen LogP contribution in [0.3, 0.4) is 0 Å². The minimum Gasteiger partial charge on any atom is -0.368 e. The molecule has 0 aliphatic carbocycles. The van der Waals surface area contributed by atoms with Crippen LogP contribution in [0.15, 0.2) is 66.6 Å². The van der Waals surface area contributed by atoms with E-state index in [2.05, 4.69) is 4.98 Å². The van der Waals surface area contributed by atoms with Crippen molar-refractivity contribution in [2.45, 2.75) is 31.1 Å². The number of amides is 1. The summed E-state index contributed by atoms with van der Waals surface area (Å²) in [4.78, 5) is 43.1. The van der Waals surface area contributed by atoms with Crippen molar-refractivity contribution in [3.05, 3.63) is 83.3 Å². The van der Waals surface area contributed by atoms with Gasteiger partial charge in [-0.3, -0.25) is 19.4 Å². The molecule has 2 aliphatic heterocycles. The molecule has 3 heterocycles. The van der Waals surface area contributed by atoms with Crippen LogP contribution in [-0.2, 0) is 20.6 Å². The third-order valence-corrected chi connectivity index (χ3v) is 6.57. The molecule has 1 fully saturated rings. The second-order valence-corrected chi connectivity index (χ2v) is 8.37. The standard InChI is InChI=1S/C25H19F3N4O3/c1-14(34)22-21(17-4-2-3-5-19(17)25(26,27)28)24(13-29,23(30)35)20-10-18(15-6-8-31-9-7-15)16(12-33)11-32(20)22/h2-12,20-22H,1H3,(H2,30,35). The van der Waals surface area contributed by atoms with Crippen LogP contribution in [0, 0.1) is 16.7 Å². The Morgan fingerprint density at radius 3 is 2.40 bits per heavy atom. The van der Waals surface area contributed by atoms with Gasteiger partial charge >= 0.3 is 6.18 Å². The number of fused-ring (bicyclic) bond motifs is 1. The lowest BCUT2D eigenvalue weighted by atomic mass is 9.66. The maximum absolute atomic E-state index is 14.0. The molecule has 7 nitrogen and oxygen atoms in total. The number of benzene rings is 1. The van der Waals surface area contributed by atoms with Crippen LogP contribution in [0.4, 0.5) is 13.2 Å². The third kappa shape index (κ3) is 3.60. The molecule has 4 atom stereocenters. The number of ketones is 1. The van der Waals surface area contributed by atoms with Crippen molar-refractivity contribution in [1.29, 1.82) is 5.26 Å². The van der Waals surface area contributed by atoms with Gasteiger partial charge < -0.3 is 10.6 Å². The molecule has 1 saturated heterocycles. The largest absolute Gasteiger partial charge is 0.416 e. The first-order valence-electron chi connectivity index (χ1n) is 10.5. The average Bonchev–Trinajstić information content (AvgIpc) is 3.13. The SMILES string of the molecule is CC(=O)C1C(c2ccccc2C(F)(F)F)C(C#N)(C(N)=O)C2C=C(c3ccncc3)C(C=O)=CN12. The van der Waals surface area contributed by atoms with E-state index in [1.807, 2.05) is 6.07 Å². The minimum absolute atomic E-state index is 0.125. The van der Waals surface area contributed by atoms with Crippen molar-refractivity contribution in [2.24, 2.45) is 11.1 Å². The molecule has 4 rings (SSSR count). The number of halogens is 3. The van der Waals surface area contributed by atoms with Gasteiger partial charge in [-0.2, -0.15) is 18.4 Å². The number of pyridine rings is 1. The van der Waals surface area contributed by atoms with Gasteiger partial charge in [0.15, 0.2) is 17.5 Å². The van der Waals surface area contributed by atoms with Crippen molar-refractivity contribution in [2.75, 3.05) is 0 Å². The van der Waals surface area contributed by atoms with E-state index < -0.39 is 52.4 Å². The molecule has 2 N–H and O–H groups in total. The lowest BCUT2D eigenvalue weighted by molar-refractivity contribution is -0.139. The Balaban J connectivity index is 2.05. The topological polar surface area (TPSA) is 117 Å². The number of primary amides is 1. The number of nitrogens with zero attached hydrogens (tertiary/aromatic N) is 3. The summed E-state index contributed by atoms with van der Waals surface area (Å²) in [6.07, 6.45) is 1.43. The molecule has 0 saturated carbocycles. The summed E-state index contributed by atoms with van der Waals surface area (Å²) in [5, 5.41) is 10.3. The van der Waals surface area contributed by atoms with Crippen LogP contribution in [-0.4, -0.2) is 39.9 Å². The first-order valence-corrected chi connectivity index (χ1v) is 10.5. The first kappa shape index (κ1) is 23.9. The smallest absolute Gasteiger partial charge is 0.368 e. The van der Waals surface area contributed by atoms with E-state index in [1.165, 1.54) is 41.7 Å². The molecule has 4 unspecified atom stereocenters. The van der Waals surface area contributed by atoms with E-state index >= 15 is 0 Å². The van der Waals surface area contributed by atoms with Gasteiger partial charge in [0.05, 0.1) is 23.7 Å². The molecule has 0 spiro atoms. The third-order valence-electron chi connectivity index (χ3n) is 6.57. The molecule has 1 amide bonds. The summed E-state index contributed by atoms with van der Waals surface area (Å²) in [6, 6.07) is 7.02. The summed E-state index contributed by atoms with van der Waals surface area (Å²) < 4.78 is 42.0. The number of carbonyl (C=O) groups is 3. The van der Waals surface area contributed by atoms with Gasteiger partial charge in [0.2, 0.25) is 5.91 Å². The van der Waals surface area contributed by atoms with E-state index in [1.54, 1.807) is 12.1 Å². The van der Waals surface area contributed by atoms with Crippen LogP contribution < -0.4 is 5.73 Å². The number of Topliss-reactive ketones (excluding diaryl/α,β-unsaturated/α-hetero) is 1. The molecule has 2 aliphatic rings. The Bertz CT molecular complexity index is 1310. The molecule has 1 aromatic carbocycles. The van der Waals surface area contributed by atoms with Crippen LogP contribution in [0.5, 0.6) is 0 Å². The molecule has 0 radical (unpaired) electrons. The quantitative estimate of drug-likeness (QED) is 0.658. The molecular formula is C25H19F3N4O3. The number of nitriles is 1. The summed E-state index contributed by atoms with van der Waals surface area (Å²) >= 11 is 0. The van der Waals surface area contributed by atoms with Gasteiger partial charge in [-0.15, -0.1) is 0 Å². The average molecular weight is 480 g/mol. The van der Waals surface area contributed by atoms with Crippen molar-refractivity contribution in [1.82, 2.24) is 9.88 Å². The Kier molecular flexibility index (Phi) is 5.80. The highest BCUT2D eigenvalue weighted by atomic mass is 19.4. The highest BCUT2D eigenvalue weighted by Crippen LogP contribution is 2.56. The number of allylic oxidation sites excluding steroid dienone is 2. The highest BCUT2D eigenvalue weighted by Gasteiger charge is 2.65. The Labute approximate surface area is 198 Å². The van der Waals surface area contributed by atoms with E-state index in [9.17, 15) is 32.8 Å². The van der Waals surface area contributed by atoms with Gasteiger partial charge in [0.1, 0.15) is 0 Å². The number of aromatic nitrogens is 1. The van der Waals surface area contributed by atoms with Crippen molar-refractivity contribution in [3.63, 3.8) is 0 Å². The maximum atomic E-state index is 14.0. The van der Waals surface area contributed by atoms with E-state index in [0.717, 1.165) is 19.1 Å². The van der Waals surface area contributed by atoms with E-state index in [-0.39, 0.29) is 5.57 Å². The maximum Gasteiger partial charge on any atom is 0.416 e. The number of carbonyl (C=O) groups excluding carboxylic acids is 3. The zero-order valence-corrected chi connectivity index (χ0v) is 18.4. The van der Waals surface area contributed by atoms with E-state index in [0.29, 0.717) is 17.4 Å². The van der Waals surface area contributed by atoms with Crippen molar-refractivity contribution >= 4 is 23.5 Å². The number of aldehydes is 1. The van der Waals surface area contributed by atoms with Gasteiger partial charge in [-0.1, -0.05) is 24.3 Å². The van der Waals surface area contributed by atoms with Gasteiger partial charge in [-0.05, 0) is 41.8 Å². The van der Waals surface area contributed by atoms with Crippen molar-refractivity contribution in [3.8, 4) is 6.07 Å². The summed E-state index contributed by atoms with van der Waals surface area (Å²) in [7, 11) is 0. The number of alkyl halides is 3. The Morgan fingerprint density at radius 1 is 1.20 bits per heavy atom. The predicted octanol–water partition coefficient (Wildman–Crippen LogP) is 3.00. The monoisotopic (exact) mass is 480 g/mol. The lowest BCUT2D eigenvalue weighted by Crippen LogP contribution is -2.48. The molecule has 2 aromatic rings.